The third-order valence-corrected chi connectivity index (χ3v) is 7.74. The average molecular weight is 439 g/mol. The maximum Gasteiger partial charge on any atom is 0.328 e. The van der Waals surface area contributed by atoms with Gasteiger partial charge in [-0.05, 0) is 57.6 Å². The first kappa shape index (κ1) is 24.3. The fraction of sp³-hybridized carbons (Fsp3) is 0.636. The van der Waals surface area contributed by atoms with Gasteiger partial charge in [0, 0.05) is 19.0 Å². The molecular weight excluding hydrogens is 404 g/mol. The zero-order valence-electron chi connectivity index (χ0n) is 18.8. The third-order valence-electron chi connectivity index (χ3n) is 5.53. The molecule has 30 heavy (non-hydrogen) atoms. The molecule has 0 unspecified atom stereocenters. The molecule has 2 rings (SSSR count). The van der Waals surface area contributed by atoms with Crippen molar-refractivity contribution in [1.82, 2.24) is 9.62 Å². The average Bonchev–Trinajstić information content (AvgIpc) is 2.64. The number of hydrogen-bond donors (Lipinski definition) is 1. The van der Waals surface area contributed by atoms with Crippen LogP contribution in [0.5, 0.6) is 0 Å². The van der Waals surface area contributed by atoms with Gasteiger partial charge in [0.1, 0.15) is 6.04 Å². The number of sulfonamides is 1. The number of ether oxygens (including phenoxy) is 1. The predicted molar refractivity (Wildman–Crippen MR) is 116 cm³/mol. The van der Waals surface area contributed by atoms with E-state index in [1.54, 1.807) is 6.92 Å². The van der Waals surface area contributed by atoms with Crippen molar-refractivity contribution in [1.29, 1.82) is 0 Å². The number of carbonyl (C=O) groups is 2. The molecule has 0 bridgehead atoms. The number of rotatable bonds is 7. The highest BCUT2D eigenvalue weighted by molar-refractivity contribution is 7.89. The summed E-state index contributed by atoms with van der Waals surface area (Å²) in [7, 11) is -3.62. The maximum atomic E-state index is 13.2. The Morgan fingerprint density at radius 2 is 1.67 bits per heavy atom. The number of carbonyl (C=O) groups excluding carboxylic acids is 2. The number of aryl methyl sites for hydroxylation is 3. The molecule has 1 N–H and O–H groups in total. The molecule has 1 aliphatic heterocycles. The quantitative estimate of drug-likeness (QED) is 0.661. The fourth-order valence-electron chi connectivity index (χ4n) is 4.06. The summed E-state index contributed by atoms with van der Waals surface area (Å²) < 4.78 is 32.9. The van der Waals surface area contributed by atoms with E-state index < -0.39 is 22.0 Å². The monoisotopic (exact) mass is 438 g/mol. The summed E-state index contributed by atoms with van der Waals surface area (Å²) in [6.45, 7) is 11.8. The molecule has 1 saturated heterocycles. The SMILES string of the molecule is CCOC(=O)[C@H](NC(=O)C1CCN(S(=O)(=O)c2c(C)cc(C)cc2C)CC1)C(C)C. The first-order chi connectivity index (χ1) is 14.0. The van der Waals surface area contributed by atoms with E-state index in [1.165, 1.54) is 4.31 Å². The van der Waals surface area contributed by atoms with Crippen LogP contribution in [0, 0.1) is 32.6 Å². The van der Waals surface area contributed by atoms with Crippen molar-refractivity contribution < 1.29 is 22.7 Å². The van der Waals surface area contributed by atoms with Gasteiger partial charge in [0.05, 0.1) is 11.5 Å². The molecule has 1 heterocycles. The van der Waals surface area contributed by atoms with Crippen LogP contribution < -0.4 is 5.32 Å². The van der Waals surface area contributed by atoms with Gasteiger partial charge in [-0.2, -0.15) is 4.31 Å². The molecule has 1 amide bonds. The Hall–Kier alpha value is -1.93. The van der Waals surface area contributed by atoms with Gasteiger partial charge < -0.3 is 10.1 Å². The van der Waals surface area contributed by atoms with Crippen LogP contribution in [-0.4, -0.2) is 50.3 Å². The van der Waals surface area contributed by atoms with Gasteiger partial charge in [-0.1, -0.05) is 31.5 Å². The lowest BCUT2D eigenvalue weighted by Gasteiger charge is -2.32. The van der Waals surface area contributed by atoms with Gasteiger partial charge in [-0.25, -0.2) is 13.2 Å². The summed E-state index contributed by atoms with van der Waals surface area (Å²) in [5, 5.41) is 2.80. The standard InChI is InChI=1S/C22H34N2O5S/c1-7-29-22(26)19(14(2)3)23-21(25)18-8-10-24(11-9-18)30(27,28)20-16(5)12-15(4)13-17(20)6/h12-14,18-19H,7-11H2,1-6H3,(H,23,25)/t19-/m1/s1. The minimum Gasteiger partial charge on any atom is -0.464 e. The van der Waals surface area contributed by atoms with E-state index in [4.69, 9.17) is 4.74 Å². The van der Waals surface area contributed by atoms with Gasteiger partial charge >= 0.3 is 5.97 Å². The highest BCUT2D eigenvalue weighted by Gasteiger charge is 2.35. The Kier molecular flexibility index (Phi) is 8.05. The van der Waals surface area contributed by atoms with E-state index in [2.05, 4.69) is 5.32 Å². The van der Waals surface area contributed by atoms with Crippen LogP contribution in [0.2, 0.25) is 0 Å². The highest BCUT2D eigenvalue weighted by Crippen LogP contribution is 2.29. The second-order valence-corrected chi connectivity index (χ2v) is 10.3. The van der Waals surface area contributed by atoms with Crippen LogP contribution >= 0.6 is 0 Å². The highest BCUT2D eigenvalue weighted by atomic mass is 32.2. The van der Waals surface area contributed by atoms with Gasteiger partial charge in [0.25, 0.3) is 0 Å². The first-order valence-electron chi connectivity index (χ1n) is 10.5. The number of nitrogens with one attached hydrogen (secondary N) is 1. The van der Waals surface area contributed by atoms with Crippen molar-refractivity contribution in [3.05, 3.63) is 28.8 Å². The molecule has 8 heteroatoms. The van der Waals surface area contributed by atoms with Crippen molar-refractivity contribution in [2.45, 2.75) is 65.3 Å². The second kappa shape index (κ2) is 9.92. The van der Waals surface area contributed by atoms with Crippen LogP contribution in [0.25, 0.3) is 0 Å². The Labute approximate surface area is 180 Å². The molecule has 0 aromatic heterocycles. The van der Waals surface area contributed by atoms with E-state index >= 15 is 0 Å². The topological polar surface area (TPSA) is 92.8 Å². The molecule has 1 fully saturated rings. The molecule has 1 aromatic rings. The van der Waals surface area contributed by atoms with Crippen molar-refractivity contribution in [2.24, 2.45) is 11.8 Å². The lowest BCUT2D eigenvalue weighted by molar-refractivity contribution is -0.149. The molecular formula is C22H34N2O5S. The molecule has 168 valence electrons. The number of hydrogen-bond acceptors (Lipinski definition) is 5. The van der Waals surface area contributed by atoms with Crippen LogP contribution in [0.3, 0.4) is 0 Å². The van der Waals surface area contributed by atoms with E-state index in [0.717, 1.165) is 16.7 Å². The van der Waals surface area contributed by atoms with Gasteiger partial charge in [0.2, 0.25) is 15.9 Å². The van der Waals surface area contributed by atoms with E-state index in [9.17, 15) is 18.0 Å². The number of amides is 1. The summed E-state index contributed by atoms with van der Waals surface area (Å²) in [4.78, 5) is 25.2. The number of benzene rings is 1. The van der Waals surface area contributed by atoms with Crippen LogP contribution in [-0.2, 0) is 24.3 Å². The second-order valence-electron chi connectivity index (χ2n) is 8.39. The van der Waals surface area contributed by atoms with E-state index in [0.29, 0.717) is 17.7 Å². The fourth-order valence-corrected chi connectivity index (χ4v) is 5.94. The Balaban J connectivity index is 2.07. The summed E-state index contributed by atoms with van der Waals surface area (Å²) in [5.74, 6) is -1.08. The Bertz CT molecular complexity index is 864. The number of esters is 1. The number of nitrogens with zero attached hydrogens (tertiary/aromatic N) is 1. The zero-order chi connectivity index (χ0) is 22.6. The summed E-state index contributed by atoms with van der Waals surface area (Å²) >= 11 is 0. The Morgan fingerprint density at radius 1 is 1.13 bits per heavy atom. The summed E-state index contributed by atoms with van der Waals surface area (Å²) in [6.07, 6.45) is 0.839. The molecule has 0 spiro atoms. The zero-order valence-corrected chi connectivity index (χ0v) is 19.6. The van der Waals surface area contributed by atoms with Crippen molar-refractivity contribution in [3.8, 4) is 0 Å². The largest absolute Gasteiger partial charge is 0.464 e. The van der Waals surface area contributed by atoms with Crippen molar-refractivity contribution in [3.63, 3.8) is 0 Å². The van der Waals surface area contributed by atoms with Crippen LogP contribution in [0.15, 0.2) is 17.0 Å². The van der Waals surface area contributed by atoms with Crippen LogP contribution in [0.1, 0.15) is 50.3 Å². The van der Waals surface area contributed by atoms with Gasteiger partial charge in [-0.15, -0.1) is 0 Å². The molecule has 1 aliphatic rings. The normalized spacial score (nSPS) is 17.0. The number of piperidine rings is 1. The first-order valence-corrected chi connectivity index (χ1v) is 12.0. The summed E-state index contributed by atoms with van der Waals surface area (Å²) in [5.41, 5.74) is 2.50. The smallest absolute Gasteiger partial charge is 0.328 e. The maximum absolute atomic E-state index is 13.2. The Morgan fingerprint density at radius 3 is 2.13 bits per heavy atom. The molecule has 1 aromatic carbocycles. The van der Waals surface area contributed by atoms with E-state index in [-0.39, 0.29) is 37.4 Å². The molecule has 1 atom stereocenters. The lowest BCUT2D eigenvalue weighted by Crippen LogP contribution is -2.49. The lowest BCUT2D eigenvalue weighted by atomic mass is 9.95. The predicted octanol–water partition coefficient (Wildman–Crippen LogP) is 2.72. The van der Waals surface area contributed by atoms with Crippen molar-refractivity contribution in [2.75, 3.05) is 19.7 Å². The van der Waals surface area contributed by atoms with Gasteiger partial charge in [0.15, 0.2) is 0 Å². The minimum atomic E-state index is -3.62. The van der Waals surface area contributed by atoms with Crippen LogP contribution in [0.4, 0.5) is 0 Å². The van der Waals surface area contributed by atoms with Crippen molar-refractivity contribution >= 4 is 21.9 Å². The third kappa shape index (κ3) is 5.40. The summed E-state index contributed by atoms with van der Waals surface area (Å²) in [6, 6.07) is 3.06. The molecule has 0 radical (unpaired) electrons. The van der Waals surface area contributed by atoms with E-state index in [1.807, 2.05) is 46.8 Å². The van der Waals surface area contributed by atoms with Gasteiger partial charge in [-0.3, -0.25) is 4.79 Å². The molecule has 0 aliphatic carbocycles. The minimum absolute atomic E-state index is 0.0963. The molecule has 0 saturated carbocycles. The molecule has 7 nitrogen and oxygen atoms in total.